The molecule has 0 saturated heterocycles. The summed E-state index contributed by atoms with van der Waals surface area (Å²) in [6.07, 6.45) is 34.2. The van der Waals surface area contributed by atoms with Crippen LogP contribution in [0.4, 0.5) is 0 Å². The number of hydrogen-bond acceptors (Lipinski definition) is 32. The van der Waals surface area contributed by atoms with E-state index in [0.29, 0.717) is 141 Å². The van der Waals surface area contributed by atoms with Gasteiger partial charge in [0.15, 0.2) is 45.6 Å². The molecule has 12 heterocycles. The van der Waals surface area contributed by atoms with Gasteiger partial charge in [0.2, 0.25) is 0 Å². The maximum Gasteiger partial charge on any atom is 1.00 e. The van der Waals surface area contributed by atoms with Gasteiger partial charge in [0.05, 0.1) is 50.1 Å². The fourth-order valence-corrected chi connectivity index (χ4v) is 20.5. The zero-order valence-electron chi connectivity index (χ0n) is 83.2. The smallest absolute Gasteiger partial charge is 0.548 e. The summed E-state index contributed by atoms with van der Waals surface area (Å²) < 4.78 is 58.4. The van der Waals surface area contributed by atoms with Crippen LogP contribution in [0.5, 0.6) is 93.0 Å². The van der Waals surface area contributed by atoms with E-state index < -0.39 is 214 Å². The Labute approximate surface area is 922 Å². The Bertz CT molecular complexity index is 5270. The molecule has 0 N–H and O–H groups in total. The molecule has 4 aromatic carbocycles. The molecule has 0 radical (unpaired) electrons. The van der Waals surface area contributed by atoms with Crippen molar-refractivity contribution in [3.8, 4) is 93.0 Å². The van der Waals surface area contributed by atoms with E-state index in [1.54, 1.807) is 24.3 Å². The maximum absolute atomic E-state index is 14.7. The van der Waals surface area contributed by atoms with Crippen LogP contribution >= 0.6 is 0 Å². The average Bonchev–Trinajstić information content (AvgIpc) is 1.20. The minimum atomic E-state index is -1.79. The second-order valence-electron chi connectivity index (χ2n) is 37.6. The van der Waals surface area contributed by atoms with Crippen LogP contribution in [0.2, 0.25) is 0 Å². The molecule has 8 aliphatic heterocycles. The van der Waals surface area contributed by atoms with Crippen molar-refractivity contribution in [3.05, 3.63) is 139 Å². The number of fused-ring (bicyclic) bond motifs is 8. The fraction of sp³-hybridized carbons (Fsp3) is 0.500. The van der Waals surface area contributed by atoms with E-state index in [-0.39, 0.29) is 164 Å². The van der Waals surface area contributed by atoms with E-state index >= 15 is 0 Å². The Morgan fingerprint density at radius 1 is 0.215 bits per heavy atom. The number of hydrogen-bond donors (Lipinski definition) is 0. The van der Waals surface area contributed by atoms with Crippen molar-refractivity contribution < 1.29 is 234 Å². The van der Waals surface area contributed by atoms with Gasteiger partial charge >= 0.3 is 118 Å². The molecular formula is C104H112N12Na4O24. The first-order valence-corrected chi connectivity index (χ1v) is 50.0. The van der Waals surface area contributed by atoms with E-state index in [4.69, 9.17) is 77.8 Å². The Hall–Kier alpha value is -9.96. The van der Waals surface area contributed by atoms with Gasteiger partial charge in [0, 0.05) is 92.4 Å². The molecule has 4 aromatic heterocycles. The number of imide groups is 4. The fourth-order valence-electron chi connectivity index (χ4n) is 20.5. The number of nitrogens with zero attached hydrogens (tertiary/aromatic N) is 12. The molecule has 0 fully saturated rings. The molecule has 0 unspecified atom stereocenters. The van der Waals surface area contributed by atoms with Crippen molar-refractivity contribution >= 4 is 71.1 Å². The van der Waals surface area contributed by atoms with Crippen molar-refractivity contribution in [2.75, 3.05) is 26.2 Å². The van der Waals surface area contributed by atoms with Gasteiger partial charge in [-0.25, -0.2) is 39.9 Å². The number of aliphatic carboxylic acids is 4. The molecule has 17 rings (SSSR count). The summed E-state index contributed by atoms with van der Waals surface area (Å²) >= 11 is 0. The predicted octanol–water partition coefficient (Wildman–Crippen LogP) is 4.36. The van der Waals surface area contributed by atoms with Gasteiger partial charge < -0.3 is 77.5 Å². The third-order valence-corrected chi connectivity index (χ3v) is 27.7. The normalized spacial score (nSPS) is 16.2. The summed E-state index contributed by atoms with van der Waals surface area (Å²) in [7, 11) is 0. The van der Waals surface area contributed by atoms with Gasteiger partial charge in [-0.15, -0.1) is 0 Å². The number of carboxylic acid groups (broad SMARTS) is 4. The molecule has 144 heavy (non-hydrogen) atoms. The van der Waals surface area contributed by atoms with E-state index in [1.807, 2.05) is 24.3 Å². The largest absolute Gasteiger partial charge is 1.00 e. The Morgan fingerprint density at radius 2 is 0.340 bits per heavy atom. The number of benzene rings is 4. The standard InChI is InChI=1S/C104H116N12O24.4Na/c1-5-9-13-17-21-25-29-33-37-41-57-61-45-63-58(42-38-34-30-26-22-18-14-10-6-2)65-47-67-60(44-40-36-32-28-24-20-16-12-8-4)68-48-66-59(43-39-35-31-27-23-19-15-11-7-3)64-46-62(57)70-50-72(64)136-92-94(110-86-84(108-92)100(128)115(102(86)130)55-79(121)122)138-74(66)52-76(68)140-96-95(111-87-88(112-96)104(132)116(103(87)131)56-80(123)124)139-75(67)51-73(65)137-93-91(107-83-85(109-93)101(129)114(99(83)127)54-78(119)120)135-71(63)49-69(61)133-89-90(134-70)106-82-81(105-89)97(125)113(98(82)126)53-77(117)118;;;;/h45-52,57-60H,5-44,53-56H2,1-4H3,(H,117,118)(H,119,120)(H,121,122)(H,123,124);;;;/q;4*+1/p-4. The summed E-state index contributed by atoms with van der Waals surface area (Å²) in [4.78, 5) is 207. The SMILES string of the molecule is CCCCCCCCCCCC1c2cc3c4cc2Oc2nc5c(nc2Oc2cc6c(cc21)C(CCCCCCCCCCC)c1cc2c(cc1Oc1nc7c(nc1O6)C(=O)N(CC(=O)[O-])C7=O)Oc1nc6c(nc1Oc1cc(c(cc1C2CCCCCCCCCCC)C3CCCCCCCCCCC)Oc1nc2c(nc1O4)C(=O)N(CC(=O)[O-])C2=O)C(=O)N(CC(=O)[O-])C6=O)C(=O)N(CC(=O)[O-])C5=O.[Na+].[Na+].[Na+].[Na+]. The average molecular weight is 2010 g/mol. The first-order valence-electron chi connectivity index (χ1n) is 50.0. The van der Waals surface area contributed by atoms with Crippen LogP contribution in [0.3, 0.4) is 0 Å². The predicted molar refractivity (Wildman–Crippen MR) is 491 cm³/mol. The van der Waals surface area contributed by atoms with Crippen LogP contribution in [-0.2, 0) is 19.2 Å². The number of aromatic nitrogens is 8. The Morgan fingerprint density at radius 3 is 0.465 bits per heavy atom. The maximum atomic E-state index is 14.7. The number of rotatable bonds is 48. The second kappa shape index (κ2) is 50.6. The van der Waals surface area contributed by atoms with Gasteiger partial charge in [-0.1, -0.05) is 259 Å². The molecule has 0 saturated carbocycles. The number of carbonyl (C=O) groups is 12. The molecule has 8 bridgehead atoms. The summed E-state index contributed by atoms with van der Waals surface area (Å²) in [6, 6.07) is 14.0. The molecule has 9 aliphatic rings. The van der Waals surface area contributed by atoms with Gasteiger partial charge in [-0.2, -0.15) is 0 Å². The van der Waals surface area contributed by atoms with Crippen LogP contribution in [0.15, 0.2) is 48.5 Å². The number of carboxylic acids is 4. The van der Waals surface area contributed by atoms with E-state index in [1.165, 1.54) is 0 Å². The summed E-state index contributed by atoms with van der Waals surface area (Å²) in [6.45, 7) is 3.83. The topological polar surface area (TPSA) is 487 Å². The minimum Gasteiger partial charge on any atom is -0.548 e. The van der Waals surface area contributed by atoms with Crippen molar-refractivity contribution in [2.45, 2.75) is 308 Å². The van der Waals surface area contributed by atoms with Gasteiger partial charge in [0.1, 0.15) is 46.0 Å². The molecule has 8 amide bonds. The molecule has 1 aliphatic carbocycles. The molecular weight excluding hydrogens is 1890 g/mol. The van der Waals surface area contributed by atoms with Gasteiger partial charge in [0.25, 0.3) is 94.3 Å². The van der Waals surface area contributed by atoms with Crippen LogP contribution in [0.1, 0.15) is 437 Å². The second-order valence-corrected chi connectivity index (χ2v) is 37.6. The van der Waals surface area contributed by atoms with Gasteiger partial charge in [-0.05, 0) is 49.9 Å². The molecule has 0 atom stereocenters. The van der Waals surface area contributed by atoms with Crippen molar-refractivity contribution in [3.63, 3.8) is 0 Å². The van der Waals surface area contributed by atoms with Crippen LogP contribution in [-0.4, -0.2) is 157 Å². The first-order chi connectivity index (χ1) is 67.9. The van der Waals surface area contributed by atoms with Crippen LogP contribution in [0, 0.1) is 0 Å². The van der Waals surface area contributed by atoms with E-state index in [2.05, 4.69) is 27.7 Å². The summed E-state index contributed by atoms with van der Waals surface area (Å²) in [5.41, 5.74) is -1.70. The Kier molecular flexibility index (Phi) is 39.1. The van der Waals surface area contributed by atoms with Crippen LogP contribution < -0.4 is 177 Å². The summed E-state index contributed by atoms with van der Waals surface area (Å²) in [5, 5.41) is 49.9. The molecule has 40 heteroatoms. The van der Waals surface area contributed by atoms with E-state index in [0.717, 1.165) is 180 Å². The molecule has 36 nitrogen and oxygen atoms in total. The number of carbonyl (C=O) groups excluding carboxylic acids is 12. The van der Waals surface area contributed by atoms with E-state index in [9.17, 15) is 78.0 Å². The molecule has 736 valence electrons. The number of ether oxygens (including phenoxy) is 8. The van der Waals surface area contributed by atoms with Crippen molar-refractivity contribution in [1.29, 1.82) is 0 Å². The molecule has 8 aromatic rings. The van der Waals surface area contributed by atoms with Gasteiger partial charge in [-0.3, -0.25) is 58.0 Å². The minimum absolute atomic E-state index is 0. The zero-order valence-corrected chi connectivity index (χ0v) is 91.2. The monoisotopic (exact) mass is 2000 g/mol. The Balaban J connectivity index is 0.00000435. The zero-order chi connectivity index (χ0) is 98.1. The molecule has 0 spiro atoms. The van der Waals surface area contributed by atoms with Crippen molar-refractivity contribution in [1.82, 2.24) is 59.5 Å². The first kappa shape index (κ1) is 111. The number of amides is 8. The number of unbranched alkanes of at least 4 members (excludes halogenated alkanes) is 32. The third kappa shape index (κ3) is 24.2. The third-order valence-electron chi connectivity index (χ3n) is 27.7. The summed E-state index contributed by atoms with van der Waals surface area (Å²) in [5.74, 6) is -25.1. The van der Waals surface area contributed by atoms with Crippen LogP contribution in [0.25, 0.3) is 0 Å². The quantitative estimate of drug-likeness (QED) is 0.0290. The van der Waals surface area contributed by atoms with Crippen molar-refractivity contribution in [2.24, 2.45) is 0 Å².